The molecule has 0 bridgehead atoms. The fourth-order valence-electron chi connectivity index (χ4n) is 3.11. The van der Waals surface area contributed by atoms with E-state index in [0.717, 1.165) is 17.1 Å². The predicted octanol–water partition coefficient (Wildman–Crippen LogP) is 4.30. The van der Waals surface area contributed by atoms with Crippen LogP contribution in [0.25, 0.3) is 5.69 Å². The van der Waals surface area contributed by atoms with E-state index in [1.54, 1.807) is 30.1 Å². The van der Waals surface area contributed by atoms with Crippen molar-refractivity contribution in [2.24, 2.45) is 4.99 Å². The summed E-state index contributed by atoms with van der Waals surface area (Å²) in [6.07, 6.45) is 3.39. The molecule has 8 heteroatoms. The fourth-order valence-corrected chi connectivity index (χ4v) is 3.11. The first kappa shape index (κ1) is 22.1. The lowest BCUT2D eigenvalue weighted by atomic mass is 10.2. The van der Waals surface area contributed by atoms with Crippen LogP contribution in [0.2, 0.25) is 0 Å². The van der Waals surface area contributed by atoms with E-state index in [-0.39, 0.29) is 5.82 Å². The zero-order chi connectivity index (χ0) is 22.2. The molecule has 1 heterocycles. The molecule has 1 aromatic heterocycles. The van der Waals surface area contributed by atoms with E-state index in [2.05, 4.69) is 20.6 Å². The van der Waals surface area contributed by atoms with Crippen LogP contribution >= 0.6 is 0 Å². The summed E-state index contributed by atoms with van der Waals surface area (Å²) in [4.78, 5) is 8.73. The molecule has 0 amide bonds. The topological polar surface area (TPSA) is 72.7 Å². The van der Waals surface area contributed by atoms with Crippen molar-refractivity contribution in [3.63, 3.8) is 0 Å². The number of imidazole rings is 1. The molecule has 0 atom stereocenters. The molecule has 0 unspecified atom stereocenters. The molecule has 164 valence electrons. The molecule has 3 rings (SSSR count). The lowest BCUT2D eigenvalue weighted by Gasteiger charge is -2.14. The monoisotopic (exact) mass is 425 g/mol. The van der Waals surface area contributed by atoms with Gasteiger partial charge in [-0.25, -0.2) is 14.4 Å². The number of methoxy groups -OCH3 is 1. The third-order valence-corrected chi connectivity index (χ3v) is 4.59. The molecule has 0 fully saturated rings. The van der Waals surface area contributed by atoms with Gasteiger partial charge in [-0.05, 0) is 50.6 Å². The van der Waals surface area contributed by atoms with Crippen LogP contribution in [0.1, 0.15) is 25.2 Å². The highest BCUT2D eigenvalue weighted by Crippen LogP contribution is 2.30. The molecule has 3 aromatic rings. The Bertz CT molecular complexity index is 1050. The van der Waals surface area contributed by atoms with Crippen LogP contribution in [0.15, 0.2) is 53.8 Å². The highest BCUT2D eigenvalue weighted by molar-refractivity contribution is 5.93. The molecule has 0 saturated heterocycles. The largest absolute Gasteiger partial charge is 0.493 e. The maximum absolute atomic E-state index is 14.6. The average Bonchev–Trinajstić information content (AvgIpc) is 3.18. The van der Waals surface area contributed by atoms with E-state index in [1.165, 1.54) is 6.07 Å². The molecule has 31 heavy (non-hydrogen) atoms. The van der Waals surface area contributed by atoms with Crippen molar-refractivity contribution in [2.45, 2.75) is 27.3 Å². The summed E-state index contributed by atoms with van der Waals surface area (Å²) in [6.45, 7) is 7.29. The zero-order valence-electron chi connectivity index (χ0n) is 18.3. The molecular weight excluding hydrogens is 397 g/mol. The normalized spacial score (nSPS) is 11.3. The number of rotatable bonds is 8. The number of hydrogen-bond acceptors (Lipinski definition) is 4. The number of nitrogens with zero attached hydrogens (tertiary/aromatic N) is 3. The molecule has 7 nitrogen and oxygen atoms in total. The molecule has 0 saturated carbocycles. The first-order valence-electron chi connectivity index (χ1n) is 10.2. The highest BCUT2D eigenvalue weighted by Gasteiger charge is 2.09. The van der Waals surface area contributed by atoms with Gasteiger partial charge in [0.25, 0.3) is 0 Å². The van der Waals surface area contributed by atoms with Gasteiger partial charge < -0.3 is 24.7 Å². The van der Waals surface area contributed by atoms with Crippen LogP contribution in [0.3, 0.4) is 0 Å². The second-order valence-corrected chi connectivity index (χ2v) is 6.75. The van der Waals surface area contributed by atoms with Crippen molar-refractivity contribution in [3.05, 3.63) is 66.0 Å². The van der Waals surface area contributed by atoms with Crippen LogP contribution in [0.5, 0.6) is 11.5 Å². The van der Waals surface area contributed by atoms with Crippen molar-refractivity contribution < 1.29 is 13.9 Å². The van der Waals surface area contributed by atoms with Gasteiger partial charge in [-0.15, -0.1) is 0 Å². The second kappa shape index (κ2) is 10.5. The number of guanidine groups is 1. The van der Waals surface area contributed by atoms with Crippen molar-refractivity contribution in [1.82, 2.24) is 14.9 Å². The predicted molar refractivity (Wildman–Crippen MR) is 121 cm³/mol. The molecule has 2 N–H and O–H groups in total. The third kappa shape index (κ3) is 5.53. The van der Waals surface area contributed by atoms with Crippen LogP contribution in [0, 0.1) is 12.7 Å². The standard InChI is InChI=1S/C23H28FN5O2/c1-5-25-23(28-18-8-10-21(30-4)22(14-18)31-6-2)27-15-17-7-9-20(19(24)13-17)29-12-11-26-16(29)3/h7-14H,5-6,15H2,1-4H3,(H2,25,27,28). The van der Waals surface area contributed by atoms with Crippen molar-refractivity contribution >= 4 is 11.6 Å². The molecule has 0 aliphatic carbocycles. The number of nitrogens with one attached hydrogen (secondary N) is 2. The van der Waals surface area contributed by atoms with Gasteiger partial charge in [0.2, 0.25) is 0 Å². The maximum Gasteiger partial charge on any atom is 0.196 e. The van der Waals surface area contributed by atoms with Gasteiger partial charge in [-0.1, -0.05) is 6.07 Å². The van der Waals surface area contributed by atoms with Crippen LogP contribution in [0.4, 0.5) is 10.1 Å². The minimum Gasteiger partial charge on any atom is -0.493 e. The summed E-state index contributed by atoms with van der Waals surface area (Å²) in [5.41, 5.74) is 2.04. The molecule has 2 aromatic carbocycles. The van der Waals surface area contributed by atoms with Gasteiger partial charge in [0.1, 0.15) is 11.6 Å². The molecule has 0 spiro atoms. The smallest absolute Gasteiger partial charge is 0.196 e. The molecule has 0 aliphatic rings. The number of aliphatic imine (C=N–C) groups is 1. The summed E-state index contributed by atoms with van der Waals surface area (Å²) in [7, 11) is 1.61. The highest BCUT2D eigenvalue weighted by atomic mass is 19.1. The number of aromatic nitrogens is 2. The lowest BCUT2D eigenvalue weighted by molar-refractivity contribution is 0.311. The zero-order valence-corrected chi connectivity index (χ0v) is 18.3. The van der Waals surface area contributed by atoms with Crippen LogP contribution in [-0.4, -0.2) is 35.8 Å². The number of benzene rings is 2. The Kier molecular flexibility index (Phi) is 7.48. The fraction of sp³-hybridized carbons (Fsp3) is 0.304. The van der Waals surface area contributed by atoms with E-state index >= 15 is 0 Å². The molecule has 0 aliphatic heterocycles. The Morgan fingerprint density at radius 2 is 2.00 bits per heavy atom. The molecule has 0 radical (unpaired) electrons. The van der Waals surface area contributed by atoms with Crippen molar-refractivity contribution in [2.75, 3.05) is 25.6 Å². The van der Waals surface area contributed by atoms with E-state index < -0.39 is 0 Å². The van der Waals surface area contributed by atoms with Gasteiger partial charge in [-0.3, -0.25) is 0 Å². The second-order valence-electron chi connectivity index (χ2n) is 6.75. The van der Waals surface area contributed by atoms with E-state index in [1.807, 2.05) is 45.0 Å². The number of hydrogen-bond donors (Lipinski definition) is 2. The van der Waals surface area contributed by atoms with Crippen molar-refractivity contribution in [3.8, 4) is 17.2 Å². The van der Waals surface area contributed by atoms with E-state index in [0.29, 0.717) is 42.8 Å². The SMILES string of the molecule is CCNC(=NCc1ccc(-n2ccnc2C)c(F)c1)Nc1ccc(OC)c(OCC)c1. The minimum absolute atomic E-state index is 0.316. The average molecular weight is 426 g/mol. The number of ether oxygens (including phenoxy) is 2. The lowest BCUT2D eigenvalue weighted by Crippen LogP contribution is -2.30. The molecular formula is C23H28FN5O2. The summed E-state index contributed by atoms with van der Waals surface area (Å²) < 4.78 is 27.3. The Hall–Kier alpha value is -3.55. The van der Waals surface area contributed by atoms with Gasteiger partial charge >= 0.3 is 0 Å². The first-order valence-corrected chi connectivity index (χ1v) is 10.2. The Labute approximate surface area is 181 Å². The third-order valence-electron chi connectivity index (χ3n) is 4.59. The van der Waals surface area contributed by atoms with Crippen LogP contribution in [-0.2, 0) is 6.54 Å². The van der Waals surface area contributed by atoms with E-state index in [4.69, 9.17) is 9.47 Å². The number of halogens is 1. The van der Waals surface area contributed by atoms with Gasteiger partial charge in [0, 0.05) is 30.7 Å². The Morgan fingerprint density at radius 3 is 2.65 bits per heavy atom. The van der Waals surface area contributed by atoms with Gasteiger partial charge in [-0.2, -0.15) is 0 Å². The number of aryl methyl sites for hydroxylation is 1. The summed E-state index contributed by atoms with van der Waals surface area (Å²) >= 11 is 0. The van der Waals surface area contributed by atoms with Crippen LogP contribution < -0.4 is 20.1 Å². The maximum atomic E-state index is 14.6. The minimum atomic E-state index is -0.316. The summed E-state index contributed by atoms with van der Waals surface area (Å²) in [5, 5.41) is 6.45. The Balaban J connectivity index is 1.76. The summed E-state index contributed by atoms with van der Waals surface area (Å²) in [6, 6.07) is 10.7. The Morgan fingerprint density at radius 1 is 1.16 bits per heavy atom. The van der Waals surface area contributed by atoms with Gasteiger partial charge in [0.15, 0.2) is 17.5 Å². The van der Waals surface area contributed by atoms with Crippen molar-refractivity contribution in [1.29, 1.82) is 0 Å². The van der Waals surface area contributed by atoms with E-state index in [9.17, 15) is 4.39 Å². The quantitative estimate of drug-likeness (QED) is 0.416. The summed E-state index contributed by atoms with van der Waals surface area (Å²) in [5.74, 6) is 2.32. The number of anilines is 1. The first-order chi connectivity index (χ1) is 15.0. The van der Waals surface area contributed by atoms with Gasteiger partial charge in [0.05, 0.1) is 25.9 Å².